The van der Waals surface area contributed by atoms with Gasteiger partial charge in [-0.15, -0.1) is 0 Å². The molecule has 0 spiro atoms. The number of carbonyl (C=O) groups is 1. The maximum Gasteiger partial charge on any atom is 0.228 e. The van der Waals surface area contributed by atoms with E-state index in [0.717, 1.165) is 28.1 Å². The zero-order chi connectivity index (χ0) is 14.1. The Morgan fingerprint density at radius 3 is 2.80 bits per heavy atom. The molecule has 4 heteroatoms. The molecule has 0 radical (unpaired) electrons. The lowest BCUT2D eigenvalue weighted by molar-refractivity contribution is -0.115. The van der Waals surface area contributed by atoms with E-state index in [2.05, 4.69) is 5.32 Å². The molecule has 3 rings (SSSR count). The van der Waals surface area contributed by atoms with Gasteiger partial charge < -0.3 is 15.8 Å². The average molecular weight is 268 g/mol. The Kier molecular flexibility index (Phi) is 3.16. The minimum absolute atomic E-state index is 0.0344. The largest absolute Gasteiger partial charge is 0.497 e. The van der Waals surface area contributed by atoms with Crippen molar-refractivity contribution in [3.63, 3.8) is 0 Å². The molecule has 20 heavy (non-hydrogen) atoms. The highest BCUT2D eigenvalue weighted by atomic mass is 16.5. The number of amides is 1. The van der Waals surface area contributed by atoms with Crippen LogP contribution in [0.1, 0.15) is 22.7 Å². The predicted octanol–water partition coefficient (Wildman–Crippen LogP) is 2.24. The Hall–Kier alpha value is -2.33. The third-order valence-corrected chi connectivity index (χ3v) is 3.57. The van der Waals surface area contributed by atoms with Crippen LogP contribution in [-0.2, 0) is 11.2 Å². The van der Waals surface area contributed by atoms with E-state index in [0.29, 0.717) is 6.42 Å². The van der Waals surface area contributed by atoms with E-state index < -0.39 is 0 Å². The van der Waals surface area contributed by atoms with E-state index in [1.54, 1.807) is 7.11 Å². The second-order valence-electron chi connectivity index (χ2n) is 4.90. The number of nitrogens with one attached hydrogen (secondary N) is 1. The number of ether oxygens (including phenoxy) is 1. The Morgan fingerprint density at radius 1 is 1.20 bits per heavy atom. The van der Waals surface area contributed by atoms with Crippen molar-refractivity contribution in [3.8, 4) is 5.75 Å². The second-order valence-corrected chi connectivity index (χ2v) is 4.90. The molecule has 1 aliphatic heterocycles. The Labute approximate surface area is 117 Å². The quantitative estimate of drug-likeness (QED) is 0.897. The van der Waals surface area contributed by atoms with Crippen LogP contribution in [0, 0.1) is 0 Å². The van der Waals surface area contributed by atoms with Gasteiger partial charge in [0.1, 0.15) is 5.75 Å². The minimum Gasteiger partial charge on any atom is -0.497 e. The molecule has 3 N–H and O–H groups in total. The first-order valence-electron chi connectivity index (χ1n) is 6.49. The van der Waals surface area contributed by atoms with E-state index >= 15 is 0 Å². The highest BCUT2D eigenvalue weighted by molar-refractivity contribution is 5.99. The van der Waals surface area contributed by atoms with E-state index in [1.807, 2.05) is 42.5 Å². The maximum atomic E-state index is 11.4. The van der Waals surface area contributed by atoms with Gasteiger partial charge in [-0.05, 0) is 34.9 Å². The van der Waals surface area contributed by atoms with Gasteiger partial charge in [-0.2, -0.15) is 0 Å². The number of anilines is 1. The second kappa shape index (κ2) is 4.98. The van der Waals surface area contributed by atoms with Gasteiger partial charge in [0, 0.05) is 5.69 Å². The molecule has 1 aliphatic rings. The van der Waals surface area contributed by atoms with E-state index in [4.69, 9.17) is 10.5 Å². The first-order chi connectivity index (χ1) is 9.67. The number of rotatable bonds is 3. The third-order valence-electron chi connectivity index (χ3n) is 3.57. The Balaban J connectivity index is 1.92. The molecular formula is C16H16N2O2. The number of fused-ring (bicyclic) bond motifs is 1. The fourth-order valence-electron chi connectivity index (χ4n) is 2.47. The Bertz CT molecular complexity index is 667. The summed E-state index contributed by atoms with van der Waals surface area (Å²) in [5, 5.41) is 2.82. The van der Waals surface area contributed by atoms with Crippen LogP contribution < -0.4 is 15.8 Å². The highest BCUT2D eigenvalue weighted by Crippen LogP contribution is 2.29. The highest BCUT2D eigenvalue weighted by Gasteiger charge is 2.19. The number of methoxy groups -OCH3 is 1. The van der Waals surface area contributed by atoms with Gasteiger partial charge in [-0.25, -0.2) is 0 Å². The lowest BCUT2D eigenvalue weighted by Crippen LogP contribution is -2.12. The standard InChI is InChI=1S/C16H16N2O2/c1-20-13-4-2-3-10(8-13)16(17)11-5-6-14-12(7-11)9-15(19)18-14/h2-8,16H,9,17H2,1H3,(H,18,19). The summed E-state index contributed by atoms with van der Waals surface area (Å²) < 4.78 is 5.22. The summed E-state index contributed by atoms with van der Waals surface area (Å²) in [6.45, 7) is 0. The summed E-state index contributed by atoms with van der Waals surface area (Å²) in [4.78, 5) is 11.4. The summed E-state index contributed by atoms with van der Waals surface area (Å²) in [6.07, 6.45) is 0.425. The SMILES string of the molecule is COc1cccc(C(N)c2ccc3c(c2)CC(=O)N3)c1. The van der Waals surface area contributed by atoms with Gasteiger partial charge in [0.2, 0.25) is 5.91 Å². The van der Waals surface area contributed by atoms with Crippen LogP contribution in [0.25, 0.3) is 0 Å². The number of carbonyl (C=O) groups excluding carboxylic acids is 1. The van der Waals surface area contributed by atoms with E-state index in [1.165, 1.54) is 0 Å². The number of benzene rings is 2. The molecule has 1 amide bonds. The number of hydrogen-bond acceptors (Lipinski definition) is 3. The normalized spacial score (nSPS) is 14.6. The summed E-state index contributed by atoms with van der Waals surface area (Å²) in [5.74, 6) is 0.822. The predicted molar refractivity (Wildman–Crippen MR) is 77.8 cm³/mol. The average Bonchev–Trinajstić information content (AvgIpc) is 2.85. The van der Waals surface area contributed by atoms with Crippen molar-refractivity contribution in [2.75, 3.05) is 12.4 Å². The molecule has 0 aromatic heterocycles. The van der Waals surface area contributed by atoms with E-state index in [-0.39, 0.29) is 11.9 Å². The van der Waals surface area contributed by atoms with Crippen molar-refractivity contribution < 1.29 is 9.53 Å². The molecule has 0 bridgehead atoms. The summed E-state index contributed by atoms with van der Waals surface area (Å²) in [6, 6.07) is 13.4. The van der Waals surface area contributed by atoms with Gasteiger partial charge >= 0.3 is 0 Å². The van der Waals surface area contributed by atoms with Gasteiger partial charge in [0.05, 0.1) is 19.6 Å². The monoisotopic (exact) mass is 268 g/mol. The third kappa shape index (κ3) is 2.26. The van der Waals surface area contributed by atoms with E-state index in [9.17, 15) is 4.79 Å². The van der Waals surface area contributed by atoms with Crippen molar-refractivity contribution in [1.29, 1.82) is 0 Å². The van der Waals surface area contributed by atoms with Crippen molar-refractivity contribution >= 4 is 11.6 Å². The maximum absolute atomic E-state index is 11.4. The van der Waals surface area contributed by atoms with Crippen LogP contribution in [0.5, 0.6) is 5.75 Å². The summed E-state index contributed by atoms with van der Waals surface area (Å²) in [7, 11) is 1.64. The fourth-order valence-corrected chi connectivity index (χ4v) is 2.47. The molecule has 102 valence electrons. The Morgan fingerprint density at radius 2 is 2.00 bits per heavy atom. The van der Waals surface area contributed by atoms with Gasteiger partial charge in [-0.1, -0.05) is 24.3 Å². The molecule has 2 aromatic rings. The van der Waals surface area contributed by atoms with Crippen LogP contribution in [0.15, 0.2) is 42.5 Å². The summed E-state index contributed by atoms with van der Waals surface area (Å²) >= 11 is 0. The molecule has 0 saturated heterocycles. The van der Waals surface area contributed by atoms with Crippen molar-refractivity contribution in [2.24, 2.45) is 5.73 Å². The van der Waals surface area contributed by atoms with Crippen LogP contribution in [-0.4, -0.2) is 13.0 Å². The number of hydrogen-bond donors (Lipinski definition) is 2. The fraction of sp³-hybridized carbons (Fsp3) is 0.188. The zero-order valence-electron chi connectivity index (χ0n) is 11.2. The van der Waals surface area contributed by atoms with Gasteiger partial charge in [0.15, 0.2) is 0 Å². The van der Waals surface area contributed by atoms with Crippen LogP contribution in [0.2, 0.25) is 0 Å². The lowest BCUT2D eigenvalue weighted by Gasteiger charge is -2.14. The minimum atomic E-state index is -0.230. The first kappa shape index (κ1) is 12.7. The molecule has 0 aliphatic carbocycles. The van der Waals surface area contributed by atoms with Crippen molar-refractivity contribution in [3.05, 3.63) is 59.2 Å². The van der Waals surface area contributed by atoms with Crippen LogP contribution >= 0.6 is 0 Å². The molecule has 0 saturated carbocycles. The van der Waals surface area contributed by atoms with Crippen LogP contribution in [0.3, 0.4) is 0 Å². The molecular weight excluding hydrogens is 252 g/mol. The molecule has 1 atom stereocenters. The molecule has 1 unspecified atom stereocenters. The molecule has 4 nitrogen and oxygen atoms in total. The molecule has 0 fully saturated rings. The van der Waals surface area contributed by atoms with Crippen molar-refractivity contribution in [2.45, 2.75) is 12.5 Å². The summed E-state index contributed by atoms with van der Waals surface area (Å²) in [5.41, 5.74) is 10.2. The van der Waals surface area contributed by atoms with Crippen molar-refractivity contribution in [1.82, 2.24) is 0 Å². The zero-order valence-corrected chi connectivity index (χ0v) is 11.2. The van der Waals surface area contributed by atoms with Crippen LogP contribution in [0.4, 0.5) is 5.69 Å². The number of nitrogens with two attached hydrogens (primary N) is 1. The van der Waals surface area contributed by atoms with Gasteiger partial charge in [0.25, 0.3) is 0 Å². The molecule has 1 heterocycles. The lowest BCUT2D eigenvalue weighted by atomic mass is 9.97. The van der Waals surface area contributed by atoms with Gasteiger partial charge in [-0.3, -0.25) is 4.79 Å². The molecule has 2 aromatic carbocycles. The first-order valence-corrected chi connectivity index (χ1v) is 6.49. The smallest absolute Gasteiger partial charge is 0.228 e. The topological polar surface area (TPSA) is 64.3 Å².